The van der Waals surface area contributed by atoms with Gasteiger partial charge < -0.3 is 5.32 Å². The summed E-state index contributed by atoms with van der Waals surface area (Å²) in [7, 11) is 0. The molecule has 0 aliphatic heterocycles. The first-order valence-electron chi connectivity index (χ1n) is 5.19. The lowest BCUT2D eigenvalue weighted by atomic mass is 10.2. The highest BCUT2D eigenvalue weighted by Gasteiger charge is 2.12. The molecule has 0 aliphatic rings. The van der Waals surface area contributed by atoms with Crippen molar-refractivity contribution >= 4 is 71.0 Å². The molecular formula is C13H7Br3ClNO. The molecule has 0 aromatic heterocycles. The number of carbonyl (C=O) groups excluding carboxylic acids is 1. The first kappa shape index (κ1) is 15.0. The predicted molar refractivity (Wildman–Crippen MR) is 88.9 cm³/mol. The number of benzene rings is 2. The summed E-state index contributed by atoms with van der Waals surface area (Å²) in [6, 6.07) is 10.7. The molecule has 0 atom stereocenters. The van der Waals surface area contributed by atoms with E-state index in [-0.39, 0.29) is 5.91 Å². The van der Waals surface area contributed by atoms with Gasteiger partial charge in [0.15, 0.2) is 0 Å². The lowest BCUT2D eigenvalue weighted by Crippen LogP contribution is -2.12. The van der Waals surface area contributed by atoms with E-state index in [9.17, 15) is 4.79 Å². The molecule has 0 unspecified atom stereocenters. The van der Waals surface area contributed by atoms with Crippen molar-refractivity contribution in [3.8, 4) is 0 Å². The molecule has 2 rings (SSSR count). The molecule has 0 saturated carbocycles. The average molecular weight is 468 g/mol. The summed E-state index contributed by atoms with van der Waals surface area (Å²) in [4.78, 5) is 12.2. The smallest absolute Gasteiger partial charge is 0.257 e. The molecule has 0 heterocycles. The van der Waals surface area contributed by atoms with E-state index in [1.54, 1.807) is 18.2 Å². The maximum atomic E-state index is 12.2. The van der Waals surface area contributed by atoms with Crippen LogP contribution in [0.25, 0.3) is 0 Å². The van der Waals surface area contributed by atoms with Crippen molar-refractivity contribution in [2.45, 2.75) is 0 Å². The maximum absolute atomic E-state index is 12.2. The van der Waals surface area contributed by atoms with Gasteiger partial charge in [-0.3, -0.25) is 4.79 Å². The fraction of sp³-hybridized carbons (Fsp3) is 0. The lowest BCUT2D eigenvalue weighted by Gasteiger charge is -2.09. The fourth-order valence-electron chi connectivity index (χ4n) is 1.45. The summed E-state index contributed by atoms with van der Waals surface area (Å²) in [5, 5.41) is 3.22. The molecule has 0 fully saturated rings. The van der Waals surface area contributed by atoms with Crippen LogP contribution in [-0.2, 0) is 0 Å². The predicted octanol–water partition coefficient (Wildman–Crippen LogP) is 5.88. The van der Waals surface area contributed by atoms with Gasteiger partial charge in [0.05, 0.1) is 16.3 Å². The van der Waals surface area contributed by atoms with Gasteiger partial charge in [-0.05, 0) is 52.3 Å². The van der Waals surface area contributed by atoms with Crippen LogP contribution in [0.5, 0.6) is 0 Å². The van der Waals surface area contributed by atoms with Crippen LogP contribution in [0.3, 0.4) is 0 Å². The standard InChI is InChI=1S/C13H7Br3ClNO/c14-7-2-4-11(17)9(5-7)13(19)18-12-6-8(15)1-3-10(12)16/h1-6H,(H,18,19). The van der Waals surface area contributed by atoms with Gasteiger partial charge in [0.25, 0.3) is 5.91 Å². The van der Waals surface area contributed by atoms with E-state index in [1.165, 1.54) is 0 Å². The number of amides is 1. The molecule has 0 saturated heterocycles. The number of carbonyl (C=O) groups is 1. The molecule has 2 aromatic rings. The van der Waals surface area contributed by atoms with Crippen molar-refractivity contribution in [2.24, 2.45) is 0 Å². The molecule has 0 bridgehead atoms. The number of hydrogen-bond acceptors (Lipinski definition) is 1. The Morgan fingerprint density at radius 1 is 1.00 bits per heavy atom. The molecule has 2 nitrogen and oxygen atoms in total. The third kappa shape index (κ3) is 3.81. The van der Waals surface area contributed by atoms with Gasteiger partial charge in [-0.15, -0.1) is 0 Å². The quantitative estimate of drug-likeness (QED) is 0.586. The van der Waals surface area contributed by atoms with Crippen LogP contribution < -0.4 is 5.32 Å². The Kier molecular flexibility index (Phi) is 5.06. The highest BCUT2D eigenvalue weighted by molar-refractivity contribution is 9.11. The van der Waals surface area contributed by atoms with Crippen molar-refractivity contribution < 1.29 is 4.79 Å². The van der Waals surface area contributed by atoms with Gasteiger partial charge in [-0.2, -0.15) is 0 Å². The van der Waals surface area contributed by atoms with Crippen LogP contribution in [0.15, 0.2) is 49.8 Å². The number of rotatable bonds is 2. The van der Waals surface area contributed by atoms with Crippen LogP contribution in [-0.4, -0.2) is 5.91 Å². The Morgan fingerprint density at radius 3 is 2.37 bits per heavy atom. The SMILES string of the molecule is O=C(Nc1cc(Br)ccc1Br)c1cc(Br)ccc1Cl. The Morgan fingerprint density at radius 2 is 1.63 bits per heavy atom. The topological polar surface area (TPSA) is 29.1 Å². The Hall–Kier alpha value is -0.360. The highest BCUT2D eigenvalue weighted by Crippen LogP contribution is 2.28. The summed E-state index contributed by atoms with van der Waals surface area (Å²) in [6.07, 6.45) is 0. The van der Waals surface area contributed by atoms with Gasteiger partial charge >= 0.3 is 0 Å². The second kappa shape index (κ2) is 6.39. The van der Waals surface area contributed by atoms with Crippen LogP contribution >= 0.6 is 59.4 Å². The monoisotopic (exact) mass is 465 g/mol. The largest absolute Gasteiger partial charge is 0.321 e. The van der Waals surface area contributed by atoms with E-state index < -0.39 is 0 Å². The third-order valence-corrected chi connectivity index (χ3v) is 4.36. The molecule has 2 aromatic carbocycles. The fourth-order valence-corrected chi connectivity index (χ4v) is 2.73. The molecule has 0 spiro atoms. The Balaban J connectivity index is 2.30. The van der Waals surface area contributed by atoms with Gasteiger partial charge in [0, 0.05) is 13.4 Å². The number of hydrogen-bond donors (Lipinski definition) is 1. The van der Waals surface area contributed by atoms with E-state index in [0.29, 0.717) is 16.3 Å². The summed E-state index contributed by atoms with van der Waals surface area (Å²) >= 11 is 16.1. The molecule has 1 N–H and O–H groups in total. The molecule has 6 heteroatoms. The zero-order chi connectivity index (χ0) is 14.0. The van der Waals surface area contributed by atoms with E-state index in [1.807, 2.05) is 18.2 Å². The van der Waals surface area contributed by atoms with Crippen molar-refractivity contribution in [3.63, 3.8) is 0 Å². The average Bonchev–Trinajstić information content (AvgIpc) is 2.36. The second-order valence-electron chi connectivity index (χ2n) is 3.70. The molecular weight excluding hydrogens is 461 g/mol. The Bertz CT molecular complexity index is 646. The van der Waals surface area contributed by atoms with Crippen molar-refractivity contribution in [1.29, 1.82) is 0 Å². The molecule has 19 heavy (non-hydrogen) atoms. The maximum Gasteiger partial charge on any atom is 0.257 e. The normalized spacial score (nSPS) is 10.3. The van der Waals surface area contributed by atoms with Gasteiger partial charge in [0.2, 0.25) is 0 Å². The van der Waals surface area contributed by atoms with Crippen LogP contribution in [0.4, 0.5) is 5.69 Å². The molecule has 0 aliphatic carbocycles. The summed E-state index contributed by atoms with van der Waals surface area (Å²) in [6.45, 7) is 0. The minimum Gasteiger partial charge on any atom is -0.321 e. The van der Waals surface area contributed by atoms with E-state index in [0.717, 1.165) is 13.4 Å². The van der Waals surface area contributed by atoms with Crippen LogP contribution in [0, 0.1) is 0 Å². The number of halogens is 4. The zero-order valence-electron chi connectivity index (χ0n) is 9.38. The Labute approximate surface area is 140 Å². The van der Waals surface area contributed by atoms with Gasteiger partial charge in [-0.25, -0.2) is 0 Å². The zero-order valence-corrected chi connectivity index (χ0v) is 14.9. The van der Waals surface area contributed by atoms with Crippen LogP contribution in [0.1, 0.15) is 10.4 Å². The van der Waals surface area contributed by atoms with Crippen molar-refractivity contribution in [1.82, 2.24) is 0 Å². The second-order valence-corrected chi connectivity index (χ2v) is 6.80. The van der Waals surface area contributed by atoms with E-state index in [2.05, 4.69) is 53.1 Å². The minimum absolute atomic E-state index is 0.259. The van der Waals surface area contributed by atoms with Crippen molar-refractivity contribution in [3.05, 3.63) is 60.4 Å². The third-order valence-electron chi connectivity index (χ3n) is 2.35. The van der Waals surface area contributed by atoms with E-state index in [4.69, 9.17) is 11.6 Å². The highest BCUT2D eigenvalue weighted by atomic mass is 79.9. The van der Waals surface area contributed by atoms with Crippen LogP contribution in [0.2, 0.25) is 5.02 Å². The van der Waals surface area contributed by atoms with Gasteiger partial charge in [0.1, 0.15) is 0 Å². The molecule has 1 amide bonds. The lowest BCUT2D eigenvalue weighted by molar-refractivity contribution is 0.102. The van der Waals surface area contributed by atoms with Gasteiger partial charge in [-0.1, -0.05) is 43.5 Å². The summed E-state index contributed by atoms with van der Waals surface area (Å²) in [5.74, 6) is -0.259. The first-order chi connectivity index (χ1) is 8.97. The number of anilines is 1. The number of nitrogens with one attached hydrogen (secondary N) is 1. The summed E-state index contributed by atoms with van der Waals surface area (Å²) < 4.78 is 2.48. The van der Waals surface area contributed by atoms with Crippen molar-refractivity contribution in [2.75, 3.05) is 5.32 Å². The first-order valence-corrected chi connectivity index (χ1v) is 7.94. The minimum atomic E-state index is -0.259. The molecule has 0 radical (unpaired) electrons. The summed E-state index contributed by atoms with van der Waals surface area (Å²) in [5.41, 5.74) is 1.10. The molecule has 98 valence electrons. The van der Waals surface area contributed by atoms with E-state index >= 15 is 0 Å².